The number of ketones is 1. The van der Waals surface area contributed by atoms with Crippen molar-refractivity contribution in [2.75, 3.05) is 6.61 Å². The van der Waals surface area contributed by atoms with Gasteiger partial charge in [-0.15, -0.1) is 0 Å². The molecule has 0 saturated heterocycles. The van der Waals surface area contributed by atoms with E-state index in [9.17, 15) is 14.7 Å². The molecule has 27 heavy (non-hydrogen) atoms. The molecule has 0 aliphatic heterocycles. The average molecular weight is 369 g/mol. The molecule has 0 saturated carbocycles. The third-order valence-electron chi connectivity index (χ3n) is 4.51. The Balaban J connectivity index is 1.83. The molecule has 0 unspecified atom stereocenters. The summed E-state index contributed by atoms with van der Waals surface area (Å²) in [6.07, 6.45) is 3.09. The number of unbranched alkanes of at least 4 members (excludes halogenated alkanes) is 1. The Morgan fingerprint density at radius 3 is 2.00 bits per heavy atom. The van der Waals surface area contributed by atoms with Gasteiger partial charge >= 0.3 is 0 Å². The lowest BCUT2D eigenvalue weighted by atomic mass is 10.0. The summed E-state index contributed by atoms with van der Waals surface area (Å²) in [4.78, 5) is 23.9. The lowest BCUT2D eigenvalue weighted by Crippen LogP contribution is -2.48. The lowest BCUT2D eigenvalue weighted by Gasteiger charge is -2.19. The molecule has 5 nitrogen and oxygen atoms in total. The van der Waals surface area contributed by atoms with Crippen LogP contribution in [0.2, 0.25) is 0 Å². The highest BCUT2D eigenvalue weighted by molar-refractivity contribution is 5.98. The minimum Gasteiger partial charge on any atom is -0.391 e. The highest BCUT2D eigenvalue weighted by atomic mass is 16.3. The number of benzene rings is 2. The second-order valence-electron chi connectivity index (χ2n) is 6.71. The monoisotopic (exact) mass is 369 g/mol. The molecule has 0 spiro atoms. The van der Waals surface area contributed by atoms with Gasteiger partial charge in [-0.2, -0.15) is 0 Å². The zero-order valence-electron chi connectivity index (χ0n) is 15.6. The van der Waals surface area contributed by atoms with Crippen molar-refractivity contribution in [2.45, 2.75) is 44.8 Å². The number of rotatable bonds is 10. The number of aryl methyl sites for hydroxylation is 2. The standard InChI is InChI=1S/C22H27NO4/c1-16(25)21(20(26)15-24)23-22(27)19-13-11-18(12-14-19)10-6-5-9-17-7-3-2-4-8-17/h2-4,7-8,11-14,16,21,24-25H,5-6,9-10,15H2,1H3,(H,23,27)/t16-,21+/m1/s1. The van der Waals surface area contributed by atoms with Crippen LogP contribution in [0.3, 0.4) is 0 Å². The van der Waals surface area contributed by atoms with Gasteiger partial charge in [-0.25, -0.2) is 0 Å². The van der Waals surface area contributed by atoms with Crippen molar-refractivity contribution in [1.82, 2.24) is 5.32 Å². The zero-order valence-corrected chi connectivity index (χ0v) is 15.6. The maximum Gasteiger partial charge on any atom is 0.251 e. The van der Waals surface area contributed by atoms with Gasteiger partial charge < -0.3 is 15.5 Å². The van der Waals surface area contributed by atoms with Crippen molar-refractivity contribution < 1.29 is 19.8 Å². The van der Waals surface area contributed by atoms with Gasteiger partial charge in [0.2, 0.25) is 0 Å². The Labute approximate surface area is 160 Å². The molecule has 2 atom stereocenters. The molecule has 0 radical (unpaired) electrons. The quantitative estimate of drug-likeness (QED) is 0.561. The Morgan fingerprint density at radius 1 is 0.926 bits per heavy atom. The number of aliphatic hydroxyl groups excluding tert-OH is 2. The highest BCUT2D eigenvalue weighted by Crippen LogP contribution is 2.11. The third-order valence-corrected chi connectivity index (χ3v) is 4.51. The van der Waals surface area contributed by atoms with Crippen molar-refractivity contribution in [3.63, 3.8) is 0 Å². The van der Waals surface area contributed by atoms with Crippen LogP contribution < -0.4 is 5.32 Å². The lowest BCUT2D eigenvalue weighted by molar-refractivity contribution is -0.125. The fraction of sp³-hybridized carbons (Fsp3) is 0.364. The van der Waals surface area contributed by atoms with Crippen LogP contribution in [0.5, 0.6) is 0 Å². The Bertz CT molecular complexity index is 726. The molecule has 2 aromatic carbocycles. The highest BCUT2D eigenvalue weighted by Gasteiger charge is 2.25. The van der Waals surface area contributed by atoms with Gasteiger partial charge in [-0.05, 0) is 55.9 Å². The van der Waals surface area contributed by atoms with Crippen molar-refractivity contribution in [2.24, 2.45) is 0 Å². The van der Waals surface area contributed by atoms with E-state index in [1.54, 1.807) is 12.1 Å². The number of carbonyl (C=O) groups excluding carboxylic acids is 2. The van der Waals surface area contributed by atoms with Crippen LogP contribution in [0, 0.1) is 0 Å². The van der Waals surface area contributed by atoms with E-state index in [2.05, 4.69) is 29.6 Å². The predicted molar refractivity (Wildman–Crippen MR) is 105 cm³/mol. The van der Waals surface area contributed by atoms with E-state index < -0.39 is 30.4 Å². The van der Waals surface area contributed by atoms with Crippen LogP contribution >= 0.6 is 0 Å². The number of nitrogens with one attached hydrogen (secondary N) is 1. The summed E-state index contributed by atoms with van der Waals surface area (Å²) in [6, 6.07) is 16.5. The number of hydrogen-bond donors (Lipinski definition) is 3. The maximum atomic E-state index is 12.3. The summed E-state index contributed by atoms with van der Waals surface area (Å²) in [7, 11) is 0. The van der Waals surface area contributed by atoms with E-state index in [-0.39, 0.29) is 0 Å². The second kappa shape index (κ2) is 10.6. The molecule has 5 heteroatoms. The van der Waals surface area contributed by atoms with Crippen molar-refractivity contribution in [3.8, 4) is 0 Å². The van der Waals surface area contributed by atoms with Crippen molar-refractivity contribution in [3.05, 3.63) is 71.3 Å². The third kappa shape index (κ3) is 6.62. The van der Waals surface area contributed by atoms with Crippen LogP contribution in [0.4, 0.5) is 0 Å². The molecule has 0 aliphatic carbocycles. The number of aliphatic hydroxyl groups is 2. The van der Waals surface area contributed by atoms with Crippen molar-refractivity contribution >= 4 is 11.7 Å². The van der Waals surface area contributed by atoms with E-state index >= 15 is 0 Å². The second-order valence-corrected chi connectivity index (χ2v) is 6.71. The molecule has 3 N–H and O–H groups in total. The van der Waals surface area contributed by atoms with Crippen LogP contribution in [0.25, 0.3) is 0 Å². The first-order valence-electron chi connectivity index (χ1n) is 9.26. The fourth-order valence-corrected chi connectivity index (χ4v) is 2.92. The van der Waals surface area contributed by atoms with Gasteiger partial charge in [-0.1, -0.05) is 42.5 Å². The van der Waals surface area contributed by atoms with Gasteiger partial charge in [0.1, 0.15) is 12.6 Å². The number of Topliss-reactive ketones (excluding diaryl/α,β-unsaturated/α-hetero) is 1. The van der Waals surface area contributed by atoms with Gasteiger partial charge in [-0.3, -0.25) is 9.59 Å². The summed E-state index contributed by atoms with van der Waals surface area (Å²) in [6.45, 7) is 0.675. The number of carbonyl (C=O) groups is 2. The molecular formula is C22H27NO4. The first-order chi connectivity index (χ1) is 13.0. The molecule has 0 bridgehead atoms. The molecule has 144 valence electrons. The molecule has 2 rings (SSSR count). The Hall–Kier alpha value is -2.50. The predicted octanol–water partition coefficient (Wildman–Crippen LogP) is 2.29. The summed E-state index contributed by atoms with van der Waals surface area (Å²) in [5.74, 6) is -1.06. The van der Waals surface area contributed by atoms with Crippen molar-refractivity contribution in [1.29, 1.82) is 0 Å². The molecular weight excluding hydrogens is 342 g/mol. The van der Waals surface area contributed by atoms with E-state index in [1.807, 2.05) is 18.2 Å². The first kappa shape index (κ1) is 20.8. The fourth-order valence-electron chi connectivity index (χ4n) is 2.92. The van der Waals surface area contributed by atoms with E-state index in [1.165, 1.54) is 12.5 Å². The molecule has 0 aromatic heterocycles. The van der Waals surface area contributed by atoms with Crippen LogP contribution in [0.15, 0.2) is 54.6 Å². The smallest absolute Gasteiger partial charge is 0.251 e. The number of amides is 1. The van der Waals surface area contributed by atoms with E-state index in [4.69, 9.17) is 5.11 Å². The van der Waals surface area contributed by atoms with E-state index in [0.29, 0.717) is 5.56 Å². The molecule has 0 fully saturated rings. The molecule has 1 amide bonds. The van der Waals surface area contributed by atoms with Gasteiger partial charge in [0.15, 0.2) is 5.78 Å². The summed E-state index contributed by atoms with van der Waals surface area (Å²) in [5.41, 5.74) is 2.91. The average Bonchev–Trinajstić information content (AvgIpc) is 2.69. The molecule has 0 heterocycles. The first-order valence-corrected chi connectivity index (χ1v) is 9.26. The minimum atomic E-state index is -1.11. The van der Waals surface area contributed by atoms with Gasteiger partial charge in [0.25, 0.3) is 5.91 Å². The minimum absolute atomic E-state index is 0.416. The van der Waals surface area contributed by atoms with Crippen LogP contribution in [-0.2, 0) is 17.6 Å². The summed E-state index contributed by atoms with van der Waals surface area (Å²) in [5, 5.41) is 21.0. The van der Waals surface area contributed by atoms with Gasteiger partial charge in [0, 0.05) is 5.56 Å². The zero-order chi connectivity index (χ0) is 19.6. The summed E-state index contributed by atoms with van der Waals surface area (Å²) < 4.78 is 0. The SMILES string of the molecule is C[C@@H](O)[C@H](NC(=O)c1ccc(CCCCc2ccccc2)cc1)C(=O)CO. The molecule has 2 aromatic rings. The normalized spacial score (nSPS) is 13.0. The van der Waals surface area contributed by atoms with Gasteiger partial charge in [0.05, 0.1) is 6.10 Å². The Kier molecular flexibility index (Phi) is 8.17. The largest absolute Gasteiger partial charge is 0.391 e. The maximum absolute atomic E-state index is 12.3. The topological polar surface area (TPSA) is 86.6 Å². The van der Waals surface area contributed by atoms with Crippen LogP contribution in [-0.4, -0.2) is 40.7 Å². The Morgan fingerprint density at radius 2 is 1.48 bits per heavy atom. The van der Waals surface area contributed by atoms with Crippen LogP contribution in [0.1, 0.15) is 41.3 Å². The molecule has 0 aliphatic rings. The van der Waals surface area contributed by atoms with E-state index in [0.717, 1.165) is 31.2 Å². The number of hydrogen-bond acceptors (Lipinski definition) is 4. The summed E-state index contributed by atoms with van der Waals surface area (Å²) >= 11 is 0.